The molecule has 0 aliphatic rings. The van der Waals surface area contributed by atoms with E-state index < -0.39 is 0 Å². The minimum Gasteiger partial charge on any atom is -0.497 e. The summed E-state index contributed by atoms with van der Waals surface area (Å²) in [7, 11) is 3.32. The zero-order chi connectivity index (χ0) is 13.8. The molecular formula is C14H21N3O2. The van der Waals surface area contributed by atoms with Gasteiger partial charge in [0, 0.05) is 26.3 Å². The predicted octanol–water partition coefficient (Wildman–Crippen LogP) is 2.10. The van der Waals surface area contributed by atoms with E-state index in [2.05, 4.69) is 16.5 Å². The van der Waals surface area contributed by atoms with Crippen LogP contribution in [-0.2, 0) is 11.3 Å². The second kappa shape index (κ2) is 6.04. The summed E-state index contributed by atoms with van der Waals surface area (Å²) in [6.45, 7) is 3.46. The fraction of sp³-hybridized carbons (Fsp3) is 0.500. The van der Waals surface area contributed by atoms with Gasteiger partial charge in [0.1, 0.15) is 17.7 Å². The first-order valence-electron chi connectivity index (χ1n) is 6.52. The van der Waals surface area contributed by atoms with Gasteiger partial charge in [-0.2, -0.15) is 0 Å². The monoisotopic (exact) mass is 263 g/mol. The number of hydrogen-bond donors (Lipinski definition) is 1. The number of methoxy groups -OCH3 is 2. The molecule has 104 valence electrons. The van der Waals surface area contributed by atoms with Crippen molar-refractivity contribution in [2.75, 3.05) is 20.8 Å². The average Bonchev–Trinajstić information content (AvgIpc) is 2.79. The number of fused-ring (bicyclic) bond motifs is 1. The Hall–Kier alpha value is -1.59. The molecule has 0 bridgehead atoms. The first-order valence-corrected chi connectivity index (χ1v) is 6.52. The number of nitrogens with zero attached hydrogens (tertiary/aromatic N) is 2. The highest BCUT2D eigenvalue weighted by molar-refractivity contribution is 5.78. The van der Waals surface area contributed by atoms with Crippen molar-refractivity contribution in [1.29, 1.82) is 0 Å². The Labute approximate surface area is 113 Å². The van der Waals surface area contributed by atoms with E-state index in [1.807, 2.05) is 18.2 Å². The molecule has 1 aromatic heterocycles. The molecular weight excluding hydrogens is 242 g/mol. The lowest BCUT2D eigenvalue weighted by molar-refractivity contribution is 0.100. The number of rotatable bonds is 6. The van der Waals surface area contributed by atoms with Crippen LogP contribution in [0.2, 0.25) is 0 Å². The topological polar surface area (TPSA) is 62.3 Å². The minimum atomic E-state index is -0.176. The van der Waals surface area contributed by atoms with E-state index in [1.165, 1.54) is 0 Å². The molecule has 1 aromatic carbocycles. The van der Waals surface area contributed by atoms with Crippen molar-refractivity contribution in [2.45, 2.75) is 26.0 Å². The van der Waals surface area contributed by atoms with E-state index in [1.54, 1.807) is 14.2 Å². The standard InChI is InChI=1S/C14H21N3O2/c1-4-7-17-12-6-5-10(18-2)8-11(12)16-14(17)13(9-15)19-3/h5-6,8,13H,4,7,9,15H2,1-3H3. The highest BCUT2D eigenvalue weighted by Crippen LogP contribution is 2.25. The summed E-state index contributed by atoms with van der Waals surface area (Å²) in [5.41, 5.74) is 7.76. The van der Waals surface area contributed by atoms with Gasteiger partial charge in [0.2, 0.25) is 0 Å². The van der Waals surface area contributed by atoms with E-state index >= 15 is 0 Å². The van der Waals surface area contributed by atoms with E-state index in [0.29, 0.717) is 6.54 Å². The highest BCUT2D eigenvalue weighted by atomic mass is 16.5. The minimum absolute atomic E-state index is 0.176. The molecule has 5 heteroatoms. The molecule has 0 spiro atoms. The Kier molecular flexibility index (Phi) is 4.39. The number of ether oxygens (including phenoxy) is 2. The van der Waals surface area contributed by atoms with E-state index in [4.69, 9.17) is 15.2 Å². The van der Waals surface area contributed by atoms with Crippen molar-refractivity contribution in [2.24, 2.45) is 5.73 Å². The number of nitrogens with two attached hydrogens (primary N) is 1. The average molecular weight is 263 g/mol. The van der Waals surface area contributed by atoms with Crippen molar-refractivity contribution in [3.8, 4) is 5.75 Å². The third-order valence-electron chi connectivity index (χ3n) is 3.22. The summed E-state index contributed by atoms with van der Waals surface area (Å²) < 4.78 is 12.8. The smallest absolute Gasteiger partial charge is 0.140 e. The van der Waals surface area contributed by atoms with Crippen molar-refractivity contribution in [1.82, 2.24) is 9.55 Å². The van der Waals surface area contributed by atoms with Crippen LogP contribution in [0.3, 0.4) is 0 Å². The third-order valence-corrected chi connectivity index (χ3v) is 3.22. The number of aryl methyl sites for hydroxylation is 1. The number of aromatic nitrogens is 2. The molecule has 0 radical (unpaired) electrons. The fourth-order valence-electron chi connectivity index (χ4n) is 2.27. The Morgan fingerprint density at radius 2 is 2.16 bits per heavy atom. The molecule has 2 aromatic rings. The largest absolute Gasteiger partial charge is 0.497 e. The summed E-state index contributed by atoms with van der Waals surface area (Å²) >= 11 is 0. The summed E-state index contributed by atoms with van der Waals surface area (Å²) in [4.78, 5) is 4.66. The second-order valence-corrected chi connectivity index (χ2v) is 4.44. The Morgan fingerprint density at radius 1 is 1.37 bits per heavy atom. The SMILES string of the molecule is CCCn1c(C(CN)OC)nc2cc(OC)ccc21. The van der Waals surface area contributed by atoms with Crippen LogP contribution in [0, 0.1) is 0 Å². The zero-order valence-electron chi connectivity index (χ0n) is 11.7. The molecule has 1 heterocycles. The van der Waals surface area contributed by atoms with E-state index in [-0.39, 0.29) is 6.10 Å². The first kappa shape index (κ1) is 13.8. The van der Waals surface area contributed by atoms with Gasteiger partial charge in [-0.25, -0.2) is 4.98 Å². The molecule has 1 unspecified atom stereocenters. The first-order chi connectivity index (χ1) is 9.24. The molecule has 0 saturated heterocycles. The van der Waals surface area contributed by atoms with Gasteiger partial charge < -0.3 is 19.8 Å². The zero-order valence-corrected chi connectivity index (χ0v) is 11.7. The lowest BCUT2D eigenvalue weighted by atomic mass is 10.3. The van der Waals surface area contributed by atoms with Crippen LogP contribution in [0.15, 0.2) is 18.2 Å². The number of benzene rings is 1. The number of hydrogen-bond acceptors (Lipinski definition) is 4. The summed E-state index contributed by atoms with van der Waals surface area (Å²) in [6.07, 6.45) is 0.857. The molecule has 0 aliphatic heterocycles. The molecule has 19 heavy (non-hydrogen) atoms. The van der Waals surface area contributed by atoms with Gasteiger partial charge >= 0.3 is 0 Å². The molecule has 0 fully saturated rings. The normalized spacial score (nSPS) is 12.8. The molecule has 0 saturated carbocycles. The maximum absolute atomic E-state index is 5.76. The molecule has 1 atom stereocenters. The molecule has 2 N–H and O–H groups in total. The van der Waals surface area contributed by atoms with Gasteiger partial charge in [0.15, 0.2) is 0 Å². The van der Waals surface area contributed by atoms with Crippen molar-refractivity contribution in [3.63, 3.8) is 0 Å². The maximum Gasteiger partial charge on any atom is 0.140 e. The van der Waals surface area contributed by atoms with Crippen LogP contribution in [0.1, 0.15) is 25.3 Å². The maximum atomic E-state index is 5.76. The Morgan fingerprint density at radius 3 is 2.74 bits per heavy atom. The van der Waals surface area contributed by atoms with Crippen LogP contribution in [-0.4, -0.2) is 30.3 Å². The summed E-state index contributed by atoms with van der Waals surface area (Å²) in [5.74, 6) is 1.69. The molecule has 0 aliphatic carbocycles. The molecule has 5 nitrogen and oxygen atoms in total. The van der Waals surface area contributed by atoms with Gasteiger partial charge in [-0.3, -0.25) is 0 Å². The highest BCUT2D eigenvalue weighted by Gasteiger charge is 2.18. The van der Waals surface area contributed by atoms with Crippen LogP contribution < -0.4 is 10.5 Å². The lowest BCUT2D eigenvalue weighted by Gasteiger charge is -2.15. The van der Waals surface area contributed by atoms with Gasteiger partial charge in [0.05, 0.1) is 18.1 Å². The van der Waals surface area contributed by atoms with Crippen LogP contribution >= 0.6 is 0 Å². The van der Waals surface area contributed by atoms with Crippen LogP contribution in [0.25, 0.3) is 11.0 Å². The third kappa shape index (κ3) is 2.57. The van der Waals surface area contributed by atoms with Gasteiger partial charge in [-0.15, -0.1) is 0 Å². The fourth-order valence-corrected chi connectivity index (χ4v) is 2.27. The van der Waals surface area contributed by atoms with Crippen molar-refractivity contribution < 1.29 is 9.47 Å². The van der Waals surface area contributed by atoms with Crippen molar-refractivity contribution in [3.05, 3.63) is 24.0 Å². The van der Waals surface area contributed by atoms with Crippen LogP contribution in [0.4, 0.5) is 0 Å². The quantitative estimate of drug-likeness (QED) is 0.867. The van der Waals surface area contributed by atoms with Crippen molar-refractivity contribution >= 4 is 11.0 Å². The molecule has 0 amide bonds. The number of imidazole rings is 1. The lowest BCUT2D eigenvalue weighted by Crippen LogP contribution is -2.19. The summed E-state index contributed by atoms with van der Waals surface area (Å²) in [6, 6.07) is 5.92. The van der Waals surface area contributed by atoms with Gasteiger partial charge in [-0.05, 0) is 18.6 Å². The Balaban J connectivity index is 2.57. The van der Waals surface area contributed by atoms with E-state index in [9.17, 15) is 0 Å². The van der Waals surface area contributed by atoms with Gasteiger partial charge in [-0.1, -0.05) is 6.92 Å². The molecule has 2 rings (SSSR count). The second-order valence-electron chi connectivity index (χ2n) is 4.44. The Bertz CT molecular complexity index is 547. The van der Waals surface area contributed by atoms with E-state index in [0.717, 1.165) is 35.6 Å². The predicted molar refractivity (Wildman–Crippen MR) is 75.4 cm³/mol. The van der Waals surface area contributed by atoms with Crippen LogP contribution in [0.5, 0.6) is 5.75 Å². The summed E-state index contributed by atoms with van der Waals surface area (Å²) in [5, 5.41) is 0. The van der Waals surface area contributed by atoms with Gasteiger partial charge in [0.25, 0.3) is 0 Å².